The zero-order valence-electron chi connectivity index (χ0n) is 34.3. The predicted octanol–water partition coefficient (Wildman–Crippen LogP) is 6.70. The molecule has 2 saturated carbocycles. The maximum atomic E-state index is 14.8. The van der Waals surface area contributed by atoms with Crippen LogP contribution in [0, 0.1) is 5.92 Å². The van der Waals surface area contributed by atoms with Crippen LogP contribution in [0.2, 0.25) is 0 Å². The third-order valence-corrected chi connectivity index (χ3v) is 13.0. The lowest BCUT2D eigenvalue weighted by Gasteiger charge is -2.30. The summed E-state index contributed by atoms with van der Waals surface area (Å²) in [6.45, 7) is 12.7. The summed E-state index contributed by atoms with van der Waals surface area (Å²) in [5.41, 5.74) is 0.630. The molecule has 0 bridgehead atoms. The van der Waals surface area contributed by atoms with Crippen LogP contribution in [-0.2, 0) is 29.1 Å². The van der Waals surface area contributed by atoms with Gasteiger partial charge in [-0.25, -0.2) is 18.2 Å². The smallest absolute Gasteiger partial charge is 0.408 e. The number of nitrogens with one attached hydrogen (secondary N) is 3. The molecule has 60 heavy (non-hydrogen) atoms. The summed E-state index contributed by atoms with van der Waals surface area (Å²) in [4.78, 5) is 62.4. The van der Waals surface area contributed by atoms with Gasteiger partial charge in [0.1, 0.15) is 40.4 Å². The van der Waals surface area contributed by atoms with Crippen LogP contribution in [0.25, 0.3) is 33.3 Å². The van der Waals surface area contributed by atoms with Crippen molar-refractivity contribution in [2.75, 3.05) is 6.54 Å². The number of carbonyl (C=O) groups excluding carboxylic acids is 4. The van der Waals surface area contributed by atoms with Gasteiger partial charge in [-0.2, -0.15) is 0 Å². The average molecular weight is 840 g/mol. The van der Waals surface area contributed by atoms with E-state index in [0.717, 1.165) is 30.2 Å². The number of furan rings is 1. The number of likely N-dealkylation sites (tertiary alicyclic amines) is 1. The maximum absolute atomic E-state index is 14.8. The number of hydrogen-bond donors (Lipinski definition) is 3. The van der Waals surface area contributed by atoms with Crippen molar-refractivity contribution in [2.45, 2.75) is 113 Å². The van der Waals surface area contributed by atoms with Crippen LogP contribution >= 0.6 is 0 Å². The number of alkyl carbamates (subject to hydrolysis) is 1. The molecule has 7 rings (SSSR count). The Balaban J connectivity index is 1.22. The number of unbranched alkanes of at least 4 members (excludes halogenated alkanes) is 3. The van der Waals surface area contributed by atoms with Crippen molar-refractivity contribution in [3.8, 4) is 17.0 Å². The number of allylic oxidation sites excluding steroid dienone is 1. The second-order valence-corrected chi connectivity index (χ2v) is 18.9. The molecule has 0 spiro atoms. The molecule has 3 heterocycles. The zero-order valence-corrected chi connectivity index (χ0v) is 35.1. The molecule has 2 aromatic heterocycles. The Morgan fingerprint density at radius 3 is 2.45 bits per heavy atom. The van der Waals surface area contributed by atoms with Gasteiger partial charge in [0, 0.05) is 29.4 Å². The number of sulfonamides is 1. The van der Waals surface area contributed by atoms with Crippen LogP contribution in [0.4, 0.5) is 4.79 Å². The van der Waals surface area contributed by atoms with Gasteiger partial charge >= 0.3 is 6.09 Å². The van der Waals surface area contributed by atoms with Crippen LogP contribution in [0.1, 0.15) is 78.6 Å². The molecule has 3 N–H and O–H groups in total. The van der Waals surface area contributed by atoms with Crippen LogP contribution in [-0.4, -0.2) is 83.2 Å². The monoisotopic (exact) mass is 839 g/mol. The van der Waals surface area contributed by atoms with E-state index in [1.54, 1.807) is 26.8 Å². The fourth-order valence-corrected chi connectivity index (χ4v) is 9.16. The summed E-state index contributed by atoms with van der Waals surface area (Å²) < 4.78 is 46.4. The third kappa shape index (κ3) is 9.35. The van der Waals surface area contributed by atoms with E-state index in [1.807, 2.05) is 60.7 Å². The highest BCUT2D eigenvalue weighted by atomic mass is 32.2. The number of pyridine rings is 1. The Bertz CT molecular complexity index is 2410. The largest absolute Gasteiger partial charge is 0.484 e. The van der Waals surface area contributed by atoms with E-state index in [0.29, 0.717) is 47.4 Å². The number of amides is 4. The minimum atomic E-state index is -3.93. The molecule has 318 valence electrons. The lowest BCUT2D eigenvalue weighted by atomic mass is 10.0. The van der Waals surface area contributed by atoms with Crippen molar-refractivity contribution in [2.24, 2.45) is 5.92 Å². The maximum Gasteiger partial charge on any atom is 0.408 e. The quantitative estimate of drug-likeness (QED) is 0.0764. The number of para-hydroxylation sites is 1. The molecule has 2 aliphatic carbocycles. The number of rotatable bonds is 17. The normalized spacial score (nSPS) is 21.9. The van der Waals surface area contributed by atoms with E-state index in [-0.39, 0.29) is 25.8 Å². The first-order valence-electron chi connectivity index (χ1n) is 20.6. The van der Waals surface area contributed by atoms with E-state index in [1.165, 1.54) is 11.0 Å². The summed E-state index contributed by atoms with van der Waals surface area (Å²) in [7, 11) is -3.93. The second kappa shape index (κ2) is 17.1. The van der Waals surface area contributed by atoms with Gasteiger partial charge in [-0.3, -0.25) is 19.1 Å². The summed E-state index contributed by atoms with van der Waals surface area (Å²) in [6, 6.07) is 16.6. The van der Waals surface area contributed by atoms with E-state index < -0.39 is 74.3 Å². The van der Waals surface area contributed by atoms with Gasteiger partial charge in [0.25, 0.3) is 5.91 Å². The van der Waals surface area contributed by atoms with Crippen LogP contribution < -0.4 is 20.1 Å². The summed E-state index contributed by atoms with van der Waals surface area (Å²) in [5, 5.41) is 5.71. The minimum Gasteiger partial charge on any atom is -0.484 e. The van der Waals surface area contributed by atoms with E-state index in [9.17, 15) is 27.6 Å². The summed E-state index contributed by atoms with van der Waals surface area (Å²) in [5.74, 6) is -2.24. The van der Waals surface area contributed by atoms with Gasteiger partial charge < -0.3 is 29.4 Å². The molecule has 3 fully saturated rings. The molecular formula is C45H53N5O9S. The van der Waals surface area contributed by atoms with Crippen molar-refractivity contribution in [1.29, 1.82) is 0 Å². The Morgan fingerprint density at radius 2 is 1.77 bits per heavy atom. The molecule has 1 saturated heterocycles. The first-order chi connectivity index (χ1) is 28.6. The standard InChI is InChI=1S/C45H53N5O9S/c1-6-8-9-10-14-20-33(47-43(54)59-44(3,4)5)41(52)50-27-30(24-35(50)40(51)48-45(26-29(45)7-2)42(53)49-60(55,56)31-22-23-31)57-37-25-34(28-17-12-11-13-18-28)46-38-32-19-15-16-21-36(32)58-39(37)38/h6-7,11-13,15-19,21,25,29-31,33,35H,1-2,8-10,14,20,22-24,26-27H2,3-5H3,(H,47,54)(H,48,51)(H,49,53)/t29-,30?,33+,35+,45-/m1/s1. The summed E-state index contributed by atoms with van der Waals surface area (Å²) in [6.07, 6.45) is 6.08. The Kier molecular flexibility index (Phi) is 12.1. The number of benzene rings is 2. The van der Waals surface area contributed by atoms with Gasteiger partial charge in [-0.15, -0.1) is 13.2 Å². The predicted molar refractivity (Wildman–Crippen MR) is 227 cm³/mol. The molecule has 5 atom stereocenters. The van der Waals surface area contributed by atoms with Crippen LogP contribution in [0.5, 0.6) is 5.75 Å². The molecular weight excluding hydrogens is 787 g/mol. The minimum absolute atomic E-state index is 0.00237. The molecule has 1 unspecified atom stereocenters. The SMILES string of the molecule is C=CCCCCC[C@H](NC(=O)OC(C)(C)C)C(=O)N1CC(Oc2cc(-c3ccccc3)nc3c2oc2ccccc23)C[C@H]1C(=O)N[C@]1(C(=O)NS(=O)(=O)C2CC2)C[C@H]1C=C. The van der Waals surface area contributed by atoms with E-state index in [2.05, 4.69) is 28.5 Å². The zero-order chi connectivity index (χ0) is 42.8. The van der Waals surface area contributed by atoms with E-state index >= 15 is 0 Å². The van der Waals surface area contributed by atoms with Crippen molar-refractivity contribution in [3.63, 3.8) is 0 Å². The summed E-state index contributed by atoms with van der Waals surface area (Å²) >= 11 is 0. The fourth-order valence-electron chi connectivity index (χ4n) is 7.79. The topological polar surface area (TPSA) is 186 Å². The molecule has 4 amide bonds. The average Bonchev–Trinajstić information content (AvgIpc) is 4.11. The highest BCUT2D eigenvalue weighted by Gasteiger charge is 2.62. The number of carbonyl (C=O) groups is 4. The Hall–Kier alpha value is -5.70. The lowest BCUT2D eigenvalue weighted by Crippen LogP contribution is -2.58. The number of ether oxygens (including phenoxy) is 2. The second-order valence-electron chi connectivity index (χ2n) is 16.9. The van der Waals surface area contributed by atoms with Gasteiger partial charge in [0.15, 0.2) is 11.3 Å². The highest BCUT2D eigenvalue weighted by Crippen LogP contribution is 2.46. The number of aromatic nitrogens is 1. The highest BCUT2D eigenvalue weighted by molar-refractivity contribution is 7.91. The molecule has 4 aromatic rings. The van der Waals surface area contributed by atoms with Crippen LogP contribution in [0.3, 0.4) is 0 Å². The van der Waals surface area contributed by atoms with Crippen molar-refractivity contribution in [1.82, 2.24) is 25.2 Å². The Morgan fingerprint density at radius 1 is 1.03 bits per heavy atom. The number of hydrogen-bond acceptors (Lipinski definition) is 10. The van der Waals surface area contributed by atoms with Gasteiger partial charge in [0.05, 0.1) is 17.5 Å². The first-order valence-corrected chi connectivity index (χ1v) is 22.1. The molecule has 15 heteroatoms. The van der Waals surface area contributed by atoms with Gasteiger partial charge in [-0.1, -0.05) is 67.5 Å². The molecule has 14 nitrogen and oxygen atoms in total. The Labute approximate surface area is 350 Å². The first kappa shape index (κ1) is 42.4. The van der Waals surface area contributed by atoms with Crippen LogP contribution in [0.15, 0.2) is 90.4 Å². The molecule has 0 radical (unpaired) electrons. The van der Waals surface area contributed by atoms with Gasteiger partial charge in [0.2, 0.25) is 21.8 Å². The molecule has 3 aliphatic rings. The number of nitrogens with zero attached hydrogens (tertiary/aromatic N) is 2. The molecule has 1 aliphatic heterocycles. The van der Waals surface area contributed by atoms with Crippen molar-refractivity contribution >= 4 is 55.9 Å². The lowest BCUT2D eigenvalue weighted by molar-refractivity contribution is -0.141. The van der Waals surface area contributed by atoms with E-state index in [4.69, 9.17) is 18.9 Å². The number of fused-ring (bicyclic) bond motifs is 3. The van der Waals surface area contributed by atoms with Gasteiger partial charge in [-0.05, 0) is 71.4 Å². The van der Waals surface area contributed by atoms with Crippen molar-refractivity contribution < 1.29 is 41.5 Å². The third-order valence-electron chi connectivity index (χ3n) is 11.1. The fraction of sp³-hybridized carbons (Fsp3) is 0.444. The molecule has 2 aromatic carbocycles. The van der Waals surface area contributed by atoms with Crippen molar-refractivity contribution in [3.05, 3.63) is 86.0 Å².